The smallest absolute Gasteiger partial charge is 0.129 e. The van der Waals surface area contributed by atoms with E-state index in [-0.39, 0.29) is 0 Å². The summed E-state index contributed by atoms with van der Waals surface area (Å²) in [5.74, 6) is 0.849. The molecule has 1 aliphatic rings. The lowest BCUT2D eigenvalue weighted by Gasteiger charge is -2.28. The van der Waals surface area contributed by atoms with E-state index in [0.717, 1.165) is 30.0 Å². The van der Waals surface area contributed by atoms with Gasteiger partial charge in [0.15, 0.2) is 0 Å². The van der Waals surface area contributed by atoms with E-state index < -0.39 is 5.60 Å². The van der Waals surface area contributed by atoms with Gasteiger partial charge in [-0.25, -0.2) is 4.98 Å². The Kier molecular flexibility index (Phi) is 5.25. The van der Waals surface area contributed by atoms with Crippen molar-refractivity contribution < 1.29 is 9.84 Å². The number of rotatable bonds is 5. The van der Waals surface area contributed by atoms with E-state index in [1.54, 1.807) is 26.1 Å². The average Bonchev–Trinajstić information content (AvgIpc) is 2.62. The molecule has 6 nitrogen and oxygen atoms in total. The molecular weight excluding hydrogens is 328 g/mol. The average molecular weight is 354 g/mol. The standard InChI is InChI=1S/C20H26N4O2/c1-20(2,25)13-14-3-4-17(21)16(11-14)19(22)15-5-6-23-18(12-15)24-7-9-26-10-8-24/h3-6,11-12,22,25H,7-10,13,21H2,1-2H3. The maximum atomic E-state index is 10.1. The Bertz CT molecular complexity index is 793. The molecule has 0 radical (unpaired) electrons. The highest BCUT2D eigenvalue weighted by Gasteiger charge is 2.17. The molecule has 1 saturated heterocycles. The van der Waals surface area contributed by atoms with E-state index in [2.05, 4.69) is 9.88 Å². The first-order chi connectivity index (χ1) is 12.3. The van der Waals surface area contributed by atoms with Crippen LogP contribution in [0.5, 0.6) is 0 Å². The maximum Gasteiger partial charge on any atom is 0.129 e. The molecule has 0 amide bonds. The van der Waals surface area contributed by atoms with Crippen LogP contribution >= 0.6 is 0 Å². The molecule has 1 fully saturated rings. The molecule has 1 aliphatic heterocycles. The second kappa shape index (κ2) is 7.43. The summed E-state index contributed by atoms with van der Waals surface area (Å²) in [6.45, 7) is 6.52. The SMILES string of the molecule is CC(C)(O)Cc1ccc(N)c(C(=N)c2ccnc(N3CCOCC3)c2)c1. The minimum absolute atomic E-state index is 0.358. The molecule has 3 rings (SSSR count). The van der Waals surface area contributed by atoms with Crippen LogP contribution in [0.4, 0.5) is 11.5 Å². The number of nitrogen functional groups attached to an aromatic ring is 1. The van der Waals surface area contributed by atoms with Crippen LogP contribution in [-0.4, -0.2) is 47.7 Å². The molecule has 138 valence electrons. The number of benzene rings is 1. The zero-order chi connectivity index (χ0) is 18.7. The molecule has 2 heterocycles. The number of aliphatic hydroxyl groups is 1. The normalized spacial score (nSPS) is 15.1. The lowest BCUT2D eigenvalue weighted by Crippen LogP contribution is -2.36. The Hall–Kier alpha value is -2.44. The number of hydrogen-bond donors (Lipinski definition) is 3. The number of ether oxygens (including phenoxy) is 1. The van der Waals surface area contributed by atoms with Gasteiger partial charge in [-0.05, 0) is 43.7 Å². The Morgan fingerprint density at radius 3 is 2.69 bits per heavy atom. The van der Waals surface area contributed by atoms with Crippen molar-refractivity contribution in [1.82, 2.24) is 4.98 Å². The van der Waals surface area contributed by atoms with Crippen LogP contribution in [0.25, 0.3) is 0 Å². The molecule has 0 saturated carbocycles. The third-order valence-corrected chi connectivity index (χ3v) is 4.39. The van der Waals surface area contributed by atoms with Crippen LogP contribution in [0.3, 0.4) is 0 Å². The van der Waals surface area contributed by atoms with Crippen molar-refractivity contribution in [3.05, 3.63) is 53.2 Å². The molecule has 2 aromatic rings. The van der Waals surface area contributed by atoms with Crippen LogP contribution in [-0.2, 0) is 11.2 Å². The minimum atomic E-state index is -0.810. The fourth-order valence-corrected chi connectivity index (χ4v) is 3.12. The van der Waals surface area contributed by atoms with E-state index in [1.807, 2.05) is 24.3 Å². The van der Waals surface area contributed by atoms with Crippen molar-refractivity contribution in [3.63, 3.8) is 0 Å². The molecule has 0 bridgehead atoms. The van der Waals surface area contributed by atoms with Gasteiger partial charge in [0.2, 0.25) is 0 Å². The van der Waals surface area contributed by atoms with Crippen LogP contribution in [0.15, 0.2) is 36.5 Å². The van der Waals surface area contributed by atoms with E-state index in [0.29, 0.717) is 36.6 Å². The fraction of sp³-hybridized carbons (Fsp3) is 0.400. The Balaban J connectivity index is 1.88. The Morgan fingerprint density at radius 2 is 2.00 bits per heavy atom. The monoisotopic (exact) mass is 354 g/mol. The van der Waals surface area contributed by atoms with Crippen molar-refractivity contribution in [2.24, 2.45) is 0 Å². The van der Waals surface area contributed by atoms with Gasteiger partial charge in [-0.15, -0.1) is 0 Å². The third-order valence-electron chi connectivity index (χ3n) is 4.39. The van der Waals surface area contributed by atoms with Gasteiger partial charge in [0.25, 0.3) is 0 Å². The van der Waals surface area contributed by atoms with Crippen molar-refractivity contribution in [2.75, 3.05) is 36.9 Å². The van der Waals surface area contributed by atoms with Crippen LogP contribution < -0.4 is 10.6 Å². The summed E-state index contributed by atoms with van der Waals surface area (Å²) in [5, 5.41) is 18.7. The molecular formula is C20H26N4O2. The van der Waals surface area contributed by atoms with Gasteiger partial charge < -0.3 is 20.5 Å². The van der Waals surface area contributed by atoms with Crippen LogP contribution in [0.1, 0.15) is 30.5 Å². The number of aromatic nitrogens is 1. The fourth-order valence-electron chi connectivity index (χ4n) is 3.12. The van der Waals surface area contributed by atoms with E-state index in [4.69, 9.17) is 15.9 Å². The second-order valence-corrected chi connectivity index (χ2v) is 7.29. The molecule has 0 unspecified atom stereocenters. The Morgan fingerprint density at radius 1 is 1.27 bits per heavy atom. The molecule has 0 atom stereocenters. The van der Waals surface area contributed by atoms with Gasteiger partial charge >= 0.3 is 0 Å². The van der Waals surface area contributed by atoms with Crippen molar-refractivity contribution in [2.45, 2.75) is 25.9 Å². The van der Waals surface area contributed by atoms with E-state index in [9.17, 15) is 5.11 Å². The topological polar surface area (TPSA) is 95.5 Å². The first kappa shape index (κ1) is 18.4. The minimum Gasteiger partial charge on any atom is -0.398 e. The predicted octanol–water partition coefficient (Wildman–Crippen LogP) is 2.23. The molecule has 6 heteroatoms. The number of pyridine rings is 1. The van der Waals surface area contributed by atoms with Gasteiger partial charge in [0, 0.05) is 42.5 Å². The summed E-state index contributed by atoms with van der Waals surface area (Å²) in [7, 11) is 0. The lowest BCUT2D eigenvalue weighted by molar-refractivity contribution is 0.0810. The zero-order valence-corrected chi connectivity index (χ0v) is 15.3. The van der Waals surface area contributed by atoms with Gasteiger partial charge in [-0.1, -0.05) is 6.07 Å². The molecule has 0 spiro atoms. The molecule has 26 heavy (non-hydrogen) atoms. The van der Waals surface area contributed by atoms with Gasteiger partial charge in [0.1, 0.15) is 5.82 Å². The summed E-state index contributed by atoms with van der Waals surface area (Å²) in [5.41, 5.74) is 8.63. The largest absolute Gasteiger partial charge is 0.398 e. The number of anilines is 2. The van der Waals surface area contributed by atoms with Crippen LogP contribution in [0.2, 0.25) is 0 Å². The van der Waals surface area contributed by atoms with Gasteiger partial charge in [-0.3, -0.25) is 5.41 Å². The lowest BCUT2D eigenvalue weighted by atomic mass is 9.94. The van der Waals surface area contributed by atoms with E-state index in [1.165, 1.54) is 0 Å². The molecule has 0 aliphatic carbocycles. The quantitative estimate of drug-likeness (QED) is 0.565. The highest BCUT2D eigenvalue weighted by atomic mass is 16.5. The number of hydrogen-bond acceptors (Lipinski definition) is 6. The third kappa shape index (κ3) is 4.39. The summed E-state index contributed by atoms with van der Waals surface area (Å²) in [6, 6.07) is 9.35. The summed E-state index contributed by atoms with van der Waals surface area (Å²) in [6.07, 6.45) is 2.23. The summed E-state index contributed by atoms with van der Waals surface area (Å²) < 4.78 is 5.39. The highest BCUT2D eigenvalue weighted by Crippen LogP contribution is 2.23. The van der Waals surface area contributed by atoms with Gasteiger partial charge in [-0.2, -0.15) is 0 Å². The number of nitrogens with one attached hydrogen (secondary N) is 1. The molecule has 4 N–H and O–H groups in total. The maximum absolute atomic E-state index is 10.1. The van der Waals surface area contributed by atoms with Crippen LogP contribution in [0, 0.1) is 5.41 Å². The number of nitrogens with two attached hydrogens (primary N) is 1. The van der Waals surface area contributed by atoms with Gasteiger partial charge in [0.05, 0.1) is 24.5 Å². The Labute approximate surface area is 154 Å². The summed E-state index contributed by atoms with van der Waals surface area (Å²) >= 11 is 0. The summed E-state index contributed by atoms with van der Waals surface area (Å²) in [4.78, 5) is 6.60. The van der Waals surface area contributed by atoms with Crippen molar-refractivity contribution in [1.29, 1.82) is 5.41 Å². The zero-order valence-electron chi connectivity index (χ0n) is 15.3. The van der Waals surface area contributed by atoms with E-state index >= 15 is 0 Å². The highest BCUT2D eigenvalue weighted by molar-refractivity contribution is 6.14. The molecule has 1 aromatic heterocycles. The van der Waals surface area contributed by atoms with Crippen molar-refractivity contribution >= 4 is 17.2 Å². The first-order valence-corrected chi connectivity index (χ1v) is 8.82. The first-order valence-electron chi connectivity index (χ1n) is 8.82. The molecule has 1 aromatic carbocycles. The van der Waals surface area contributed by atoms with Crippen molar-refractivity contribution in [3.8, 4) is 0 Å². The number of nitrogens with zero attached hydrogens (tertiary/aromatic N) is 2. The number of morpholine rings is 1. The second-order valence-electron chi connectivity index (χ2n) is 7.29. The predicted molar refractivity (Wildman–Crippen MR) is 104 cm³/mol.